The summed E-state index contributed by atoms with van der Waals surface area (Å²) in [6.07, 6.45) is 3.21. The molecule has 2 aliphatic rings. The number of Topliss-reactive ketones (excluding diaryl/α,β-unsaturated/α-hetero) is 1. The van der Waals surface area contributed by atoms with Crippen LogP contribution in [0.3, 0.4) is 0 Å². The Kier molecular flexibility index (Phi) is 14.8. The zero-order valence-corrected chi connectivity index (χ0v) is 37.3. The van der Waals surface area contributed by atoms with Gasteiger partial charge in [0.2, 0.25) is 23.6 Å². The maximum Gasteiger partial charge on any atom is 0.262 e. The number of carbonyl (C=O) groups is 5. The van der Waals surface area contributed by atoms with Gasteiger partial charge in [0.15, 0.2) is 5.78 Å². The van der Waals surface area contributed by atoms with E-state index in [4.69, 9.17) is 4.43 Å². The normalized spacial score (nSPS) is 21.9. The zero-order chi connectivity index (χ0) is 43.6. The quantitative estimate of drug-likeness (QED) is 0.102. The molecule has 0 bridgehead atoms. The molecule has 11 heteroatoms. The number of ketones is 1. The van der Waals surface area contributed by atoms with Crippen LogP contribution in [0.1, 0.15) is 90.7 Å². The van der Waals surface area contributed by atoms with E-state index in [-0.39, 0.29) is 35.5 Å². The first kappa shape index (κ1) is 45.1. The second kappa shape index (κ2) is 20.0. The van der Waals surface area contributed by atoms with Crippen molar-refractivity contribution in [2.45, 2.75) is 127 Å². The summed E-state index contributed by atoms with van der Waals surface area (Å²) in [5.74, 6) is -1.64. The van der Waals surface area contributed by atoms with Gasteiger partial charge in [-0.15, -0.1) is 0 Å². The van der Waals surface area contributed by atoms with Crippen molar-refractivity contribution in [1.29, 1.82) is 0 Å². The summed E-state index contributed by atoms with van der Waals surface area (Å²) >= 11 is 0. The number of rotatable bonds is 15. The molecule has 1 unspecified atom stereocenters. The molecule has 5 atom stereocenters. The Morgan fingerprint density at radius 1 is 0.754 bits per heavy atom. The fourth-order valence-corrected chi connectivity index (χ4v) is 13.7. The Balaban J connectivity index is 1.16. The largest absolute Gasteiger partial charge is 0.398 e. The number of carbonyl (C=O) groups excluding carboxylic acids is 5. The van der Waals surface area contributed by atoms with Crippen LogP contribution in [0.15, 0.2) is 121 Å². The van der Waals surface area contributed by atoms with Gasteiger partial charge < -0.3 is 25.3 Å². The average Bonchev–Trinajstić information content (AvgIpc) is 3.75. The first-order valence-corrected chi connectivity index (χ1v) is 23.8. The van der Waals surface area contributed by atoms with Crippen LogP contribution in [0.2, 0.25) is 5.04 Å². The molecule has 2 fully saturated rings. The van der Waals surface area contributed by atoms with Crippen LogP contribution in [-0.2, 0) is 41.2 Å². The Labute approximate surface area is 362 Å². The molecule has 6 rings (SSSR count). The van der Waals surface area contributed by atoms with Crippen LogP contribution < -0.4 is 26.3 Å². The molecule has 0 aliphatic carbocycles. The topological polar surface area (TPSA) is 134 Å². The predicted octanol–water partition coefficient (Wildman–Crippen LogP) is 5.81. The van der Waals surface area contributed by atoms with Crippen molar-refractivity contribution in [1.82, 2.24) is 20.9 Å². The SMILES string of the molecule is C[C@H](O[Si](c1ccccc1)(c1ccccc1)C(C)(C)C)C(=O)CCCCC[C@@H]1NC(=O)[C@H]2CCCN2C(=O)C(Cc2ccccc2)NC(=O)[C@@](C)(Cc2ccccc2)NC1=O. The number of benzene rings is 4. The lowest BCUT2D eigenvalue weighted by Crippen LogP contribution is -2.68. The number of unbranched alkanes of at least 4 members (excludes halogenated alkanes) is 2. The van der Waals surface area contributed by atoms with Crippen molar-refractivity contribution in [3.63, 3.8) is 0 Å². The second-order valence-corrected chi connectivity index (χ2v) is 22.2. The smallest absolute Gasteiger partial charge is 0.262 e. The van der Waals surface area contributed by atoms with Crippen LogP contribution >= 0.6 is 0 Å². The molecule has 0 saturated carbocycles. The standard InChI is InChI=1S/C50H62N4O6Si/c1-36(60-61(49(2,3)4,39-26-15-8-16-27-39)40-28-17-9-18-29-40)44(55)32-20-10-19-30-41-45(56)53-50(5,35-38-24-13-7-14-25-38)48(59)52-42(34-37-22-11-6-12-23-37)47(58)54-33-21-31-43(54)46(57)51-41/h6-9,11-18,22-29,36,41-43H,10,19-21,30-35H2,1-5H3,(H,51,57)(H,52,59)(H,53,56)/t36-,41-,42?,43+,50+/m0/s1. The van der Waals surface area contributed by atoms with Crippen LogP contribution in [-0.4, -0.2) is 78.9 Å². The minimum absolute atomic E-state index is 0.0179. The first-order valence-electron chi connectivity index (χ1n) is 21.8. The summed E-state index contributed by atoms with van der Waals surface area (Å²) in [5, 5.41) is 11.0. The van der Waals surface area contributed by atoms with E-state index >= 15 is 0 Å². The molecule has 0 aromatic heterocycles. The number of nitrogens with zero attached hydrogens (tertiary/aromatic N) is 1. The summed E-state index contributed by atoms with van der Waals surface area (Å²) in [6.45, 7) is 10.5. The molecular formula is C50H62N4O6Si. The lowest BCUT2D eigenvalue weighted by atomic mass is 9.90. The van der Waals surface area contributed by atoms with E-state index in [1.54, 1.807) is 11.8 Å². The number of fused-ring (bicyclic) bond motifs is 1. The van der Waals surface area contributed by atoms with E-state index < -0.39 is 49.9 Å². The van der Waals surface area contributed by atoms with Gasteiger partial charge in [-0.3, -0.25) is 24.0 Å². The highest BCUT2D eigenvalue weighted by Crippen LogP contribution is 2.38. The highest BCUT2D eigenvalue weighted by Gasteiger charge is 2.51. The van der Waals surface area contributed by atoms with E-state index in [9.17, 15) is 24.0 Å². The third-order valence-corrected chi connectivity index (χ3v) is 17.4. The van der Waals surface area contributed by atoms with Crippen LogP contribution in [0.4, 0.5) is 0 Å². The molecular weight excluding hydrogens is 781 g/mol. The lowest BCUT2D eigenvalue weighted by molar-refractivity contribution is -0.144. The van der Waals surface area contributed by atoms with Gasteiger partial charge in [-0.05, 0) is 66.1 Å². The van der Waals surface area contributed by atoms with Crippen molar-refractivity contribution in [2.75, 3.05) is 6.54 Å². The maximum atomic E-state index is 14.4. The summed E-state index contributed by atoms with van der Waals surface area (Å²) in [5.41, 5.74) is 0.246. The van der Waals surface area contributed by atoms with Gasteiger partial charge in [0.1, 0.15) is 29.8 Å². The van der Waals surface area contributed by atoms with E-state index in [0.717, 1.165) is 21.5 Å². The van der Waals surface area contributed by atoms with E-state index in [0.29, 0.717) is 51.5 Å². The minimum Gasteiger partial charge on any atom is -0.398 e. The highest BCUT2D eigenvalue weighted by molar-refractivity contribution is 6.99. The molecule has 4 amide bonds. The Morgan fingerprint density at radius 2 is 1.31 bits per heavy atom. The maximum absolute atomic E-state index is 14.4. The predicted molar refractivity (Wildman–Crippen MR) is 242 cm³/mol. The third-order valence-electron chi connectivity index (χ3n) is 12.3. The molecule has 2 aliphatic heterocycles. The average molecular weight is 843 g/mol. The van der Waals surface area contributed by atoms with Crippen LogP contribution in [0.5, 0.6) is 0 Å². The number of hydrogen-bond donors (Lipinski definition) is 3. The molecule has 4 aromatic rings. The second-order valence-electron chi connectivity index (χ2n) is 17.9. The molecule has 322 valence electrons. The van der Waals surface area contributed by atoms with Gasteiger partial charge in [-0.1, -0.05) is 155 Å². The van der Waals surface area contributed by atoms with Crippen molar-refractivity contribution in [3.05, 3.63) is 132 Å². The molecule has 0 radical (unpaired) electrons. The highest BCUT2D eigenvalue weighted by atomic mass is 28.4. The number of nitrogens with one attached hydrogen (secondary N) is 3. The summed E-state index contributed by atoms with van der Waals surface area (Å²) in [7, 11) is -2.93. The summed E-state index contributed by atoms with van der Waals surface area (Å²) in [4.78, 5) is 72.4. The van der Waals surface area contributed by atoms with Crippen LogP contribution in [0.25, 0.3) is 0 Å². The fraction of sp³-hybridized carbons (Fsp3) is 0.420. The molecule has 10 nitrogen and oxygen atoms in total. The van der Waals surface area contributed by atoms with E-state index in [2.05, 4.69) is 61.0 Å². The Hall–Kier alpha value is -5.39. The van der Waals surface area contributed by atoms with E-state index in [1.807, 2.05) is 104 Å². The van der Waals surface area contributed by atoms with Gasteiger partial charge in [0.25, 0.3) is 8.32 Å². The molecule has 3 N–H and O–H groups in total. The van der Waals surface area contributed by atoms with Crippen LogP contribution in [0, 0.1) is 0 Å². The van der Waals surface area contributed by atoms with Crippen molar-refractivity contribution in [2.24, 2.45) is 0 Å². The van der Waals surface area contributed by atoms with Gasteiger partial charge in [-0.2, -0.15) is 0 Å². The number of hydrogen-bond acceptors (Lipinski definition) is 6. The monoisotopic (exact) mass is 842 g/mol. The lowest BCUT2D eigenvalue weighted by Gasteiger charge is -2.44. The summed E-state index contributed by atoms with van der Waals surface area (Å²) in [6, 6.07) is 36.8. The van der Waals surface area contributed by atoms with Crippen molar-refractivity contribution in [3.8, 4) is 0 Å². The summed E-state index contributed by atoms with van der Waals surface area (Å²) < 4.78 is 7.06. The molecule has 2 saturated heterocycles. The van der Waals surface area contributed by atoms with Crippen molar-refractivity contribution < 1.29 is 28.4 Å². The van der Waals surface area contributed by atoms with E-state index in [1.165, 1.54) is 0 Å². The fourth-order valence-electron chi connectivity index (χ4n) is 9.00. The molecule has 0 spiro atoms. The van der Waals surface area contributed by atoms with Gasteiger partial charge in [0.05, 0.1) is 0 Å². The Bertz CT molecular complexity index is 2070. The van der Waals surface area contributed by atoms with Crippen molar-refractivity contribution >= 4 is 48.1 Å². The first-order chi connectivity index (χ1) is 29.2. The van der Waals surface area contributed by atoms with Gasteiger partial charge in [-0.25, -0.2) is 0 Å². The molecule has 2 heterocycles. The Morgan fingerprint density at radius 3 is 1.89 bits per heavy atom. The van der Waals surface area contributed by atoms with Gasteiger partial charge in [0, 0.05) is 25.8 Å². The number of amides is 4. The molecule has 61 heavy (non-hydrogen) atoms. The third kappa shape index (κ3) is 10.7. The molecule has 4 aromatic carbocycles. The zero-order valence-electron chi connectivity index (χ0n) is 36.3. The minimum atomic E-state index is -2.93. The van der Waals surface area contributed by atoms with Gasteiger partial charge >= 0.3 is 0 Å².